The van der Waals surface area contributed by atoms with Gasteiger partial charge in [0.25, 0.3) is 0 Å². The molecule has 1 aromatic carbocycles. The Morgan fingerprint density at radius 1 is 1.10 bits per heavy atom. The van der Waals surface area contributed by atoms with E-state index in [0.717, 1.165) is 11.8 Å². The average Bonchev–Trinajstić information content (AvgIpc) is 2.45. The van der Waals surface area contributed by atoms with E-state index in [1.54, 1.807) is 0 Å². The van der Waals surface area contributed by atoms with Crippen LogP contribution >= 0.6 is 0 Å². The first-order valence-corrected chi connectivity index (χ1v) is 8.28. The van der Waals surface area contributed by atoms with Gasteiger partial charge in [-0.25, -0.2) is 0 Å². The summed E-state index contributed by atoms with van der Waals surface area (Å²) in [5.41, 5.74) is 5.01. The van der Waals surface area contributed by atoms with Crippen molar-refractivity contribution in [2.45, 2.75) is 63.3 Å². The molecule has 3 rings (SSSR count). The summed E-state index contributed by atoms with van der Waals surface area (Å²) in [7, 11) is 0. The second-order valence-electron chi connectivity index (χ2n) is 7.04. The summed E-state index contributed by atoms with van der Waals surface area (Å²) in [6.45, 7) is 2.39. The smallest absolute Gasteiger partial charge is 0.0335 e. The highest BCUT2D eigenvalue weighted by Crippen LogP contribution is 2.50. The Hall–Kier alpha value is -0.860. The number of hydrogen-bond acceptors (Lipinski definition) is 2. The standard InChI is InChI=1S/C18H28N2/c1-14-8-10-15(11-9-14)17(20-19)18(12-5-13-18)16-6-3-2-4-7-16/h2-4,6-7,14-15,17,20H,5,8-13,19H2,1H3. The second-order valence-corrected chi connectivity index (χ2v) is 7.04. The quantitative estimate of drug-likeness (QED) is 0.647. The third-order valence-electron chi connectivity index (χ3n) is 5.90. The second kappa shape index (κ2) is 5.87. The van der Waals surface area contributed by atoms with Crippen LogP contribution < -0.4 is 11.3 Å². The highest BCUT2D eigenvalue weighted by molar-refractivity contribution is 5.31. The molecule has 1 aromatic rings. The third-order valence-corrected chi connectivity index (χ3v) is 5.90. The third kappa shape index (κ3) is 2.40. The molecule has 1 unspecified atom stereocenters. The lowest BCUT2D eigenvalue weighted by molar-refractivity contribution is 0.0971. The van der Waals surface area contributed by atoms with Gasteiger partial charge in [0, 0.05) is 11.5 Å². The van der Waals surface area contributed by atoms with E-state index in [9.17, 15) is 0 Å². The van der Waals surface area contributed by atoms with E-state index >= 15 is 0 Å². The van der Waals surface area contributed by atoms with Gasteiger partial charge >= 0.3 is 0 Å². The first-order chi connectivity index (χ1) is 9.76. The van der Waals surface area contributed by atoms with Gasteiger partial charge in [-0.1, -0.05) is 56.5 Å². The van der Waals surface area contributed by atoms with Crippen LogP contribution in [0.1, 0.15) is 57.4 Å². The molecule has 0 aromatic heterocycles. The molecule has 0 spiro atoms. The lowest BCUT2D eigenvalue weighted by Gasteiger charge is -2.51. The van der Waals surface area contributed by atoms with Crippen molar-refractivity contribution in [3.8, 4) is 0 Å². The van der Waals surface area contributed by atoms with E-state index in [4.69, 9.17) is 5.84 Å². The number of hydrogen-bond donors (Lipinski definition) is 2. The minimum atomic E-state index is 0.293. The van der Waals surface area contributed by atoms with Crippen LogP contribution in [-0.2, 0) is 5.41 Å². The van der Waals surface area contributed by atoms with Crippen molar-refractivity contribution >= 4 is 0 Å². The molecule has 2 fully saturated rings. The van der Waals surface area contributed by atoms with Crippen LogP contribution in [0.2, 0.25) is 0 Å². The molecule has 0 bridgehead atoms. The van der Waals surface area contributed by atoms with E-state index in [1.165, 1.54) is 50.5 Å². The normalized spacial score (nSPS) is 30.5. The molecule has 0 amide bonds. The van der Waals surface area contributed by atoms with Gasteiger partial charge in [-0.15, -0.1) is 0 Å². The van der Waals surface area contributed by atoms with Crippen LogP contribution in [-0.4, -0.2) is 6.04 Å². The maximum atomic E-state index is 6.02. The van der Waals surface area contributed by atoms with Crippen molar-refractivity contribution in [3.63, 3.8) is 0 Å². The Balaban J connectivity index is 1.83. The fourth-order valence-electron chi connectivity index (χ4n) is 4.47. The topological polar surface area (TPSA) is 38.0 Å². The highest BCUT2D eigenvalue weighted by atomic mass is 15.2. The van der Waals surface area contributed by atoms with Crippen LogP contribution in [0.4, 0.5) is 0 Å². The molecule has 2 aliphatic rings. The van der Waals surface area contributed by atoms with E-state index in [1.807, 2.05) is 0 Å². The average molecular weight is 272 g/mol. The number of benzene rings is 1. The summed E-state index contributed by atoms with van der Waals surface area (Å²) in [5.74, 6) is 7.67. The Labute approximate surface area is 123 Å². The molecule has 3 N–H and O–H groups in total. The molecule has 2 nitrogen and oxygen atoms in total. The molecule has 0 aliphatic heterocycles. The first-order valence-electron chi connectivity index (χ1n) is 8.28. The largest absolute Gasteiger partial charge is 0.271 e. The molecule has 0 heterocycles. The highest BCUT2D eigenvalue weighted by Gasteiger charge is 2.48. The van der Waals surface area contributed by atoms with Crippen molar-refractivity contribution < 1.29 is 0 Å². The van der Waals surface area contributed by atoms with Gasteiger partial charge in [0.05, 0.1) is 0 Å². The minimum Gasteiger partial charge on any atom is -0.271 e. The summed E-state index contributed by atoms with van der Waals surface area (Å²) < 4.78 is 0. The molecule has 20 heavy (non-hydrogen) atoms. The zero-order valence-electron chi connectivity index (χ0n) is 12.6. The van der Waals surface area contributed by atoms with Gasteiger partial charge in [-0.3, -0.25) is 11.3 Å². The van der Waals surface area contributed by atoms with Gasteiger partial charge in [0.1, 0.15) is 0 Å². The van der Waals surface area contributed by atoms with Crippen molar-refractivity contribution in [1.29, 1.82) is 0 Å². The minimum absolute atomic E-state index is 0.293. The van der Waals surface area contributed by atoms with Crippen LogP contribution in [0, 0.1) is 11.8 Å². The lowest BCUT2D eigenvalue weighted by Crippen LogP contribution is -2.58. The summed E-state index contributed by atoms with van der Waals surface area (Å²) in [6.07, 6.45) is 9.34. The molecule has 110 valence electrons. The van der Waals surface area contributed by atoms with E-state index in [2.05, 4.69) is 42.7 Å². The Bertz CT molecular complexity index is 416. The Kier molecular flexibility index (Phi) is 4.13. The molecular formula is C18H28N2. The van der Waals surface area contributed by atoms with Gasteiger partial charge in [-0.2, -0.15) is 0 Å². The first kappa shape index (κ1) is 14.1. The van der Waals surface area contributed by atoms with Crippen molar-refractivity contribution in [2.75, 3.05) is 0 Å². The molecule has 2 saturated carbocycles. The van der Waals surface area contributed by atoms with Crippen molar-refractivity contribution in [2.24, 2.45) is 17.7 Å². The number of nitrogens with two attached hydrogens (primary N) is 1. The number of hydrazine groups is 1. The summed E-state index contributed by atoms with van der Waals surface area (Å²) in [5, 5.41) is 0. The molecule has 0 saturated heterocycles. The Morgan fingerprint density at radius 2 is 1.75 bits per heavy atom. The van der Waals surface area contributed by atoms with Crippen LogP contribution in [0.15, 0.2) is 30.3 Å². The van der Waals surface area contributed by atoms with Crippen LogP contribution in [0.3, 0.4) is 0 Å². The number of nitrogens with one attached hydrogen (secondary N) is 1. The summed E-state index contributed by atoms with van der Waals surface area (Å²) >= 11 is 0. The zero-order chi connectivity index (χ0) is 14.0. The molecular weight excluding hydrogens is 244 g/mol. The van der Waals surface area contributed by atoms with Crippen LogP contribution in [0.25, 0.3) is 0 Å². The van der Waals surface area contributed by atoms with Gasteiger partial charge in [0.2, 0.25) is 0 Å². The van der Waals surface area contributed by atoms with E-state index in [0.29, 0.717) is 11.5 Å². The van der Waals surface area contributed by atoms with Gasteiger partial charge < -0.3 is 0 Å². The number of rotatable bonds is 4. The predicted molar refractivity (Wildman–Crippen MR) is 84.2 cm³/mol. The molecule has 2 heteroatoms. The summed E-state index contributed by atoms with van der Waals surface area (Å²) in [4.78, 5) is 0. The Morgan fingerprint density at radius 3 is 2.25 bits per heavy atom. The van der Waals surface area contributed by atoms with Gasteiger partial charge in [-0.05, 0) is 43.1 Å². The fraction of sp³-hybridized carbons (Fsp3) is 0.667. The van der Waals surface area contributed by atoms with Crippen molar-refractivity contribution in [3.05, 3.63) is 35.9 Å². The van der Waals surface area contributed by atoms with E-state index < -0.39 is 0 Å². The van der Waals surface area contributed by atoms with Crippen LogP contribution in [0.5, 0.6) is 0 Å². The predicted octanol–water partition coefficient (Wildman–Crippen LogP) is 3.77. The van der Waals surface area contributed by atoms with Gasteiger partial charge in [0.15, 0.2) is 0 Å². The maximum absolute atomic E-state index is 6.02. The lowest BCUT2D eigenvalue weighted by atomic mass is 9.56. The van der Waals surface area contributed by atoms with Crippen molar-refractivity contribution in [1.82, 2.24) is 5.43 Å². The molecule has 1 atom stereocenters. The zero-order valence-corrected chi connectivity index (χ0v) is 12.6. The molecule has 2 aliphatic carbocycles. The maximum Gasteiger partial charge on any atom is 0.0335 e. The SMILES string of the molecule is CC1CCC(C(NN)C2(c3ccccc3)CCC2)CC1. The van der Waals surface area contributed by atoms with E-state index in [-0.39, 0.29) is 0 Å². The fourth-order valence-corrected chi connectivity index (χ4v) is 4.47. The monoisotopic (exact) mass is 272 g/mol. The summed E-state index contributed by atoms with van der Waals surface area (Å²) in [6, 6.07) is 11.5. The molecule has 0 radical (unpaired) electrons.